The fourth-order valence-electron chi connectivity index (χ4n) is 3.20. The molecule has 0 fully saturated rings. The van der Waals surface area contributed by atoms with E-state index in [-0.39, 0.29) is 0 Å². The number of nitrogens with one attached hydrogen (secondary N) is 1. The minimum atomic E-state index is -1.16. The van der Waals surface area contributed by atoms with Gasteiger partial charge in [-0.1, -0.05) is 30.3 Å². The molecular weight excluding hydrogens is 338 g/mol. The summed E-state index contributed by atoms with van der Waals surface area (Å²) >= 11 is 1.56. The van der Waals surface area contributed by atoms with E-state index in [9.17, 15) is 4.21 Å². The van der Waals surface area contributed by atoms with Crippen LogP contribution in [0.3, 0.4) is 0 Å². The summed E-state index contributed by atoms with van der Waals surface area (Å²) in [6.07, 6.45) is 5.30. The Hall–Kier alpha value is -1.92. The van der Waals surface area contributed by atoms with Gasteiger partial charge in [-0.2, -0.15) is 5.10 Å². The van der Waals surface area contributed by atoms with Gasteiger partial charge in [-0.15, -0.1) is 11.8 Å². The molecule has 0 spiro atoms. The highest BCUT2D eigenvalue weighted by Gasteiger charge is 2.36. The number of allylic oxidation sites excluding steroid dienone is 1. The highest BCUT2D eigenvalue weighted by atomic mass is 32.2. The molecular formula is C18H17N3OS2. The van der Waals surface area contributed by atoms with E-state index in [4.69, 9.17) is 4.99 Å². The molecule has 3 heterocycles. The average molecular weight is 355 g/mol. The van der Waals surface area contributed by atoms with Crippen LogP contribution in [0.2, 0.25) is 0 Å². The molecule has 0 saturated heterocycles. The molecule has 0 aliphatic carbocycles. The van der Waals surface area contributed by atoms with Crippen molar-refractivity contribution in [2.75, 3.05) is 12.8 Å². The first-order valence-electron chi connectivity index (χ1n) is 7.80. The standard InChI is InChI=1S/C18H17N3OS2/c1-23-18-16-13(17(24(18)22)14-8-10-20-21-14)7-9-19-15(16)11-12-5-3-2-4-6-12/h2-6,8,10H,7,9,11H2,1H3,(H,20,21). The van der Waals surface area contributed by atoms with Crippen molar-refractivity contribution in [3.63, 3.8) is 0 Å². The van der Waals surface area contributed by atoms with Gasteiger partial charge in [-0.25, -0.2) is 4.21 Å². The number of hydrogen-bond donors (Lipinski definition) is 1. The fraction of sp³-hybridized carbons (Fsp3) is 0.222. The van der Waals surface area contributed by atoms with E-state index in [1.54, 1.807) is 18.0 Å². The Morgan fingerprint density at radius 3 is 2.79 bits per heavy atom. The lowest BCUT2D eigenvalue weighted by Crippen LogP contribution is -2.15. The normalized spacial score (nSPS) is 20.4. The second-order valence-electron chi connectivity index (χ2n) is 5.65. The van der Waals surface area contributed by atoms with E-state index >= 15 is 0 Å². The van der Waals surface area contributed by atoms with E-state index in [1.165, 1.54) is 11.1 Å². The number of fused-ring (bicyclic) bond motifs is 1. The van der Waals surface area contributed by atoms with Crippen molar-refractivity contribution in [3.8, 4) is 0 Å². The Balaban J connectivity index is 1.80. The van der Waals surface area contributed by atoms with Crippen molar-refractivity contribution >= 4 is 33.2 Å². The molecule has 0 radical (unpaired) electrons. The Morgan fingerprint density at radius 1 is 1.25 bits per heavy atom. The third-order valence-corrected chi connectivity index (χ3v) is 7.14. The van der Waals surface area contributed by atoms with Crippen molar-refractivity contribution in [1.29, 1.82) is 0 Å². The largest absolute Gasteiger partial charge is 0.288 e. The van der Waals surface area contributed by atoms with Gasteiger partial charge in [0.15, 0.2) is 0 Å². The lowest BCUT2D eigenvalue weighted by molar-refractivity contribution is 0.693. The van der Waals surface area contributed by atoms with Crippen molar-refractivity contribution in [2.45, 2.75) is 12.8 Å². The summed E-state index contributed by atoms with van der Waals surface area (Å²) in [7, 11) is -1.16. The fourth-order valence-corrected chi connectivity index (χ4v) is 5.86. The van der Waals surface area contributed by atoms with Crippen LogP contribution in [0, 0.1) is 0 Å². The summed E-state index contributed by atoms with van der Waals surface area (Å²) in [5.41, 5.74) is 5.40. The van der Waals surface area contributed by atoms with Gasteiger partial charge in [0.2, 0.25) is 0 Å². The zero-order chi connectivity index (χ0) is 16.5. The predicted octanol–water partition coefficient (Wildman–Crippen LogP) is 3.55. The van der Waals surface area contributed by atoms with Gasteiger partial charge in [-0.3, -0.25) is 10.1 Å². The van der Waals surface area contributed by atoms with Gasteiger partial charge in [0, 0.05) is 30.4 Å². The number of benzene rings is 1. The minimum Gasteiger partial charge on any atom is -0.288 e. The van der Waals surface area contributed by atoms with Gasteiger partial charge >= 0.3 is 0 Å². The maximum Gasteiger partial charge on any atom is 0.0946 e. The first-order chi connectivity index (χ1) is 11.8. The third kappa shape index (κ3) is 2.59. The number of hydrogen-bond acceptors (Lipinski definition) is 4. The molecule has 0 bridgehead atoms. The molecule has 1 aromatic carbocycles. The van der Waals surface area contributed by atoms with Crippen LogP contribution >= 0.6 is 11.8 Å². The quantitative estimate of drug-likeness (QED) is 0.912. The van der Waals surface area contributed by atoms with Crippen LogP contribution in [0.5, 0.6) is 0 Å². The predicted molar refractivity (Wildman–Crippen MR) is 101 cm³/mol. The summed E-state index contributed by atoms with van der Waals surface area (Å²) < 4.78 is 14.0. The number of aromatic amines is 1. The maximum absolute atomic E-state index is 13.1. The van der Waals surface area contributed by atoms with E-state index in [0.29, 0.717) is 0 Å². The highest BCUT2D eigenvalue weighted by Crippen LogP contribution is 2.45. The third-order valence-electron chi connectivity index (χ3n) is 4.23. The van der Waals surface area contributed by atoms with Crippen molar-refractivity contribution in [2.24, 2.45) is 4.99 Å². The van der Waals surface area contributed by atoms with Crippen LogP contribution in [0.4, 0.5) is 0 Å². The number of thioether (sulfide) groups is 1. The molecule has 2 aliphatic rings. The Bertz CT molecular complexity index is 880. The molecule has 1 aromatic heterocycles. The zero-order valence-electron chi connectivity index (χ0n) is 13.3. The Morgan fingerprint density at radius 2 is 2.08 bits per heavy atom. The summed E-state index contributed by atoms with van der Waals surface area (Å²) in [4.78, 5) is 5.65. The van der Waals surface area contributed by atoms with Crippen molar-refractivity contribution in [3.05, 3.63) is 69.2 Å². The molecule has 6 heteroatoms. The maximum atomic E-state index is 13.1. The average Bonchev–Trinajstić information content (AvgIpc) is 3.21. The number of aliphatic imine (C=N–C) groups is 1. The topological polar surface area (TPSA) is 58.1 Å². The molecule has 1 atom stereocenters. The minimum absolute atomic E-state index is 0.748. The number of H-pyrrole nitrogens is 1. The molecule has 1 N–H and O–H groups in total. The van der Waals surface area contributed by atoms with Crippen LogP contribution in [-0.2, 0) is 17.2 Å². The van der Waals surface area contributed by atoms with E-state index in [2.05, 4.69) is 22.3 Å². The van der Waals surface area contributed by atoms with Crippen LogP contribution in [0.15, 0.2) is 63.0 Å². The van der Waals surface area contributed by atoms with Crippen LogP contribution in [0.25, 0.3) is 4.91 Å². The van der Waals surface area contributed by atoms with E-state index < -0.39 is 10.8 Å². The van der Waals surface area contributed by atoms with Crippen molar-refractivity contribution < 1.29 is 4.21 Å². The van der Waals surface area contributed by atoms with Gasteiger partial charge in [-0.05, 0) is 29.9 Å². The zero-order valence-corrected chi connectivity index (χ0v) is 14.9. The summed E-state index contributed by atoms with van der Waals surface area (Å²) in [5, 5.41) is 7.00. The van der Waals surface area contributed by atoms with Gasteiger partial charge < -0.3 is 0 Å². The first kappa shape index (κ1) is 15.6. The smallest absolute Gasteiger partial charge is 0.0946 e. The SMILES string of the molecule is CSC1=C2C(Cc3ccccc3)=NCCC2=C(c2ccn[nH]2)S1=O. The molecule has 4 nitrogen and oxygen atoms in total. The second kappa shape index (κ2) is 6.53. The summed E-state index contributed by atoms with van der Waals surface area (Å²) in [6.45, 7) is 0.748. The molecule has 122 valence electrons. The Labute approximate surface area is 147 Å². The number of aromatic nitrogens is 2. The monoisotopic (exact) mass is 355 g/mol. The second-order valence-corrected chi connectivity index (χ2v) is 8.08. The number of rotatable bonds is 4. The molecule has 0 saturated carbocycles. The molecule has 2 aromatic rings. The van der Waals surface area contributed by atoms with Gasteiger partial charge in [0.05, 0.1) is 25.6 Å². The molecule has 0 amide bonds. The molecule has 24 heavy (non-hydrogen) atoms. The highest BCUT2D eigenvalue weighted by molar-refractivity contribution is 8.19. The molecule has 4 rings (SSSR count). The van der Waals surface area contributed by atoms with E-state index in [0.717, 1.165) is 45.5 Å². The van der Waals surface area contributed by atoms with Crippen molar-refractivity contribution in [1.82, 2.24) is 10.2 Å². The molecule has 2 aliphatic heterocycles. The van der Waals surface area contributed by atoms with Crippen LogP contribution < -0.4 is 0 Å². The number of nitrogens with zero attached hydrogens (tertiary/aromatic N) is 2. The Kier molecular flexibility index (Phi) is 4.24. The lowest BCUT2D eigenvalue weighted by Gasteiger charge is -2.18. The summed E-state index contributed by atoms with van der Waals surface area (Å²) in [6, 6.07) is 12.2. The van der Waals surface area contributed by atoms with Crippen LogP contribution in [0.1, 0.15) is 17.7 Å². The van der Waals surface area contributed by atoms with E-state index in [1.807, 2.05) is 30.5 Å². The summed E-state index contributed by atoms with van der Waals surface area (Å²) in [5.74, 6) is 0. The first-order valence-corrected chi connectivity index (χ1v) is 10.2. The van der Waals surface area contributed by atoms with Gasteiger partial charge in [0.25, 0.3) is 0 Å². The lowest BCUT2D eigenvalue weighted by atomic mass is 9.92. The van der Waals surface area contributed by atoms with Gasteiger partial charge in [0.1, 0.15) is 0 Å². The van der Waals surface area contributed by atoms with Crippen LogP contribution in [-0.4, -0.2) is 32.9 Å². The molecule has 1 unspecified atom stereocenters.